The molecule has 0 atom stereocenters. The van der Waals surface area contributed by atoms with Gasteiger partial charge in [-0.1, -0.05) is 18.7 Å². The minimum Gasteiger partial charge on any atom is -0.392 e. The number of hydrogen-bond donors (Lipinski definition) is 2. The SMILES string of the molecule is C=CS(=O)(=O)NCc1ccc(CO)c(F)c1. The maximum atomic E-state index is 13.2. The average Bonchev–Trinajstić information content (AvgIpc) is 2.27. The quantitative estimate of drug-likeness (QED) is 0.809. The third-order valence-corrected chi connectivity index (χ3v) is 2.97. The van der Waals surface area contributed by atoms with E-state index in [1.165, 1.54) is 12.1 Å². The lowest BCUT2D eigenvalue weighted by Crippen LogP contribution is -2.20. The predicted octanol–water partition coefficient (Wildman–Crippen LogP) is 0.881. The van der Waals surface area contributed by atoms with Crippen LogP contribution in [-0.4, -0.2) is 13.5 Å². The Hall–Kier alpha value is -1.24. The summed E-state index contributed by atoms with van der Waals surface area (Å²) in [5, 5.41) is 9.52. The summed E-state index contributed by atoms with van der Waals surface area (Å²) in [6, 6.07) is 4.13. The van der Waals surface area contributed by atoms with Crippen LogP contribution >= 0.6 is 0 Å². The van der Waals surface area contributed by atoms with Gasteiger partial charge in [0.05, 0.1) is 6.61 Å². The molecule has 0 bridgehead atoms. The van der Waals surface area contributed by atoms with Gasteiger partial charge >= 0.3 is 0 Å². The van der Waals surface area contributed by atoms with E-state index in [0.29, 0.717) is 5.56 Å². The molecule has 4 nitrogen and oxygen atoms in total. The molecule has 0 aliphatic carbocycles. The molecule has 6 heteroatoms. The van der Waals surface area contributed by atoms with Crippen molar-refractivity contribution in [3.05, 3.63) is 47.1 Å². The van der Waals surface area contributed by atoms with E-state index in [2.05, 4.69) is 11.3 Å². The fraction of sp³-hybridized carbons (Fsp3) is 0.200. The first-order valence-corrected chi connectivity index (χ1v) is 6.03. The van der Waals surface area contributed by atoms with Crippen LogP contribution in [0.15, 0.2) is 30.2 Å². The van der Waals surface area contributed by atoms with Crippen LogP contribution in [0.5, 0.6) is 0 Å². The van der Waals surface area contributed by atoms with Crippen LogP contribution in [0.1, 0.15) is 11.1 Å². The molecule has 0 fully saturated rings. The van der Waals surface area contributed by atoms with Crippen molar-refractivity contribution in [1.82, 2.24) is 4.72 Å². The molecule has 0 heterocycles. The topological polar surface area (TPSA) is 66.4 Å². The molecule has 0 amide bonds. The van der Waals surface area contributed by atoms with Crippen LogP contribution in [0.3, 0.4) is 0 Å². The second-order valence-electron chi connectivity index (χ2n) is 3.12. The van der Waals surface area contributed by atoms with E-state index in [0.717, 1.165) is 5.41 Å². The summed E-state index contributed by atoms with van der Waals surface area (Å²) in [6.45, 7) is 2.73. The molecule has 0 aliphatic rings. The van der Waals surface area contributed by atoms with Crippen molar-refractivity contribution in [1.29, 1.82) is 0 Å². The lowest BCUT2D eigenvalue weighted by Gasteiger charge is -2.05. The molecule has 1 aromatic rings. The van der Waals surface area contributed by atoms with Crippen molar-refractivity contribution in [2.24, 2.45) is 0 Å². The van der Waals surface area contributed by atoms with E-state index >= 15 is 0 Å². The Morgan fingerprint density at radius 2 is 2.19 bits per heavy atom. The number of halogens is 1. The Balaban J connectivity index is 2.76. The summed E-state index contributed by atoms with van der Waals surface area (Å²) in [4.78, 5) is 0. The van der Waals surface area contributed by atoms with Crippen LogP contribution in [0.4, 0.5) is 4.39 Å². The molecule has 0 radical (unpaired) electrons. The molecule has 88 valence electrons. The maximum Gasteiger partial charge on any atom is 0.233 e. The average molecular weight is 245 g/mol. The zero-order valence-corrected chi connectivity index (χ0v) is 9.30. The van der Waals surface area contributed by atoms with Gasteiger partial charge in [0.2, 0.25) is 10.0 Å². The van der Waals surface area contributed by atoms with Crippen molar-refractivity contribution in [3.63, 3.8) is 0 Å². The first kappa shape index (κ1) is 12.8. The fourth-order valence-electron chi connectivity index (χ4n) is 1.07. The first-order valence-electron chi connectivity index (χ1n) is 4.49. The van der Waals surface area contributed by atoms with E-state index < -0.39 is 15.8 Å². The van der Waals surface area contributed by atoms with Gasteiger partial charge in [-0.25, -0.2) is 17.5 Å². The van der Waals surface area contributed by atoms with Gasteiger partial charge in [-0.15, -0.1) is 0 Å². The first-order chi connectivity index (χ1) is 7.48. The molecule has 0 aromatic heterocycles. The molecule has 0 saturated carbocycles. The van der Waals surface area contributed by atoms with Gasteiger partial charge < -0.3 is 5.11 Å². The summed E-state index contributed by atoms with van der Waals surface area (Å²) in [5.41, 5.74) is 0.649. The highest BCUT2D eigenvalue weighted by atomic mass is 32.2. The smallest absolute Gasteiger partial charge is 0.233 e. The highest BCUT2D eigenvalue weighted by Crippen LogP contribution is 2.10. The number of rotatable bonds is 5. The van der Waals surface area contributed by atoms with Crippen LogP contribution < -0.4 is 4.72 Å². The van der Waals surface area contributed by atoms with Crippen molar-refractivity contribution in [2.45, 2.75) is 13.2 Å². The van der Waals surface area contributed by atoms with Gasteiger partial charge in [0.25, 0.3) is 0 Å². The maximum absolute atomic E-state index is 13.2. The van der Waals surface area contributed by atoms with E-state index in [1.807, 2.05) is 0 Å². The lowest BCUT2D eigenvalue weighted by molar-refractivity contribution is 0.275. The van der Waals surface area contributed by atoms with Crippen LogP contribution in [0.2, 0.25) is 0 Å². The highest BCUT2D eigenvalue weighted by molar-refractivity contribution is 7.92. The standard InChI is InChI=1S/C10H12FNO3S/c1-2-16(14,15)12-6-8-3-4-9(7-13)10(11)5-8/h2-5,12-13H,1,6-7H2. The summed E-state index contributed by atoms with van der Waals surface area (Å²) >= 11 is 0. The summed E-state index contributed by atoms with van der Waals surface area (Å²) in [7, 11) is -3.50. The second-order valence-corrected chi connectivity index (χ2v) is 4.83. The van der Waals surface area contributed by atoms with Crippen molar-refractivity contribution < 1.29 is 17.9 Å². The molecule has 2 N–H and O–H groups in total. The Labute approximate surface area is 93.5 Å². The summed E-state index contributed by atoms with van der Waals surface area (Å²) in [5.74, 6) is -0.558. The number of hydrogen-bond acceptors (Lipinski definition) is 3. The summed E-state index contributed by atoms with van der Waals surface area (Å²) in [6.07, 6.45) is 0. The van der Waals surface area contributed by atoms with Crippen LogP contribution in [0.25, 0.3) is 0 Å². The van der Waals surface area contributed by atoms with Crippen molar-refractivity contribution in [2.75, 3.05) is 0 Å². The molecule has 1 aromatic carbocycles. The van der Waals surface area contributed by atoms with Crippen molar-refractivity contribution >= 4 is 10.0 Å². The van der Waals surface area contributed by atoms with Gasteiger partial charge in [0, 0.05) is 17.5 Å². The molecule has 1 rings (SSSR count). The Kier molecular flexibility index (Phi) is 4.17. The molecule has 16 heavy (non-hydrogen) atoms. The minimum absolute atomic E-state index is 0.0169. The Bertz CT molecular complexity index is 485. The molecular formula is C10H12FNO3S. The third kappa shape index (κ3) is 3.41. The number of benzene rings is 1. The van der Waals surface area contributed by atoms with Crippen LogP contribution in [-0.2, 0) is 23.2 Å². The Morgan fingerprint density at radius 3 is 2.69 bits per heavy atom. The zero-order chi connectivity index (χ0) is 12.2. The molecule has 0 aliphatic heterocycles. The fourth-order valence-corrected chi connectivity index (χ4v) is 1.56. The molecule has 0 unspecified atom stereocenters. The second kappa shape index (κ2) is 5.20. The number of aliphatic hydroxyl groups excluding tert-OH is 1. The lowest BCUT2D eigenvalue weighted by atomic mass is 10.1. The predicted molar refractivity (Wildman–Crippen MR) is 58.3 cm³/mol. The van der Waals surface area contributed by atoms with Gasteiger partial charge in [0.1, 0.15) is 5.82 Å². The molecule has 0 saturated heterocycles. The monoisotopic (exact) mass is 245 g/mol. The van der Waals surface area contributed by atoms with Gasteiger partial charge in [-0.2, -0.15) is 0 Å². The minimum atomic E-state index is -3.50. The highest BCUT2D eigenvalue weighted by Gasteiger charge is 2.06. The van der Waals surface area contributed by atoms with E-state index in [-0.39, 0.29) is 18.7 Å². The zero-order valence-electron chi connectivity index (χ0n) is 8.48. The molecular weight excluding hydrogens is 233 g/mol. The van der Waals surface area contributed by atoms with E-state index in [9.17, 15) is 12.8 Å². The van der Waals surface area contributed by atoms with Gasteiger partial charge in [-0.05, 0) is 11.6 Å². The number of nitrogens with one attached hydrogen (secondary N) is 1. The summed E-state index contributed by atoms with van der Waals surface area (Å²) < 4.78 is 37.4. The van der Waals surface area contributed by atoms with Gasteiger partial charge in [0.15, 0.2) is 0 Å². The third-order valence-electron chi connectivity index (χ3n) is 1.98. The van der Waals surface area contributed by atoms with Crippen LogP contribution in [0, 0.1) is 5.82 Å². The largest absolute Gasteiger partial charge is 0.392 e. The Morgan fingerprint density at radius 1 is 1.50 bits per heavy atom. The van der Waals surface area contributed by atoms with Crippen molar-refractivity contribution in [3.8, 4) is 0 Å². The van der Waals surface area contributed by atoms with E-state index in [1.54, 1.807) is 6.07 Å². The molecule has 0 spiro atoms. The van der Waals surface area contributed by atoms with E-state index in [4.69, 9.17) is 5.11 Å². The number of sulfonamides is 1. The normalized spacial score (nSPS) is 11.4. The van der Waals surface area contributed by atoms with Gasteiger partial charge in [-0.3, -0.25) is 0 Å². The number of aliphatic hydroxyl groups is 1.